The van der Waals surface area contributed by atoms with Crippen molar-refractivity contribution in [2.45, 2.75) is 40.0 Å². The molecule has 104 valence electrons. The van der Waals surface area contributed by atoms with Crippen molar-refractivity contribution >= 4 is 0 Å². The van der Waals surface area contributed by atoms with Crippen molar-refractivity contribution in [3.8, 4) is 0 Å². The third-order valence-electron chi connectivity index (χ3n) is 3.00. The molecule has 0 bridgehead atoms. The van der Waals surface area contributed by atoms with Gasteiger partial charge in [-0.15, -0.1) is 0 Å². The van der Waals surface area contributed by atoms with E-state index in [1.54, 1.807) is 10.9 Å². The Morgan fingerprint density at radius 3 is 2.79 bits per heavy atom. The van der Waals surface area contributed by atoms with E-state index < -0.39 is 0 Å². The summed E-state index contributed by atoms with van der Waals surface area (Å²) >= 11 is 0. The Balaban J connectivity index is 1.83. The fourth-order valence-corrected chi connectivity index (χ4v) is 1.93. The predicted octanol–water partition coefficient (Wildman–Crippen LogP) is 1.67. The number of hydrogen-bond acceptors (Lipinski definition) is 3. The zero-order chi connectivity index (χ0) is 13.7. The zero-order valence-electron chi connectivity index (χ0n) is 11.4. The maximum absolute atomic E-state index is 12.2. The molecule has 0 spiro atoms. The monoisotopic (exact) mass is 265 g/mol. The Labute approximate surface area is 112 Å². The molecular formula is C13H20FN5. The van der Waals surface area contributed by atoms with Crippen molar-refractivity contribution in [2.24, 2.45) is 0 Å². The van der Waals surface area contributed by atoms with Gasteiger partial charge in [-0.25, -0.2) is 4.39 Å². The summed E-state index contributed by atoms with van der Waals surface area (Å²) in [4.78, 5) is 0. The number of alkyl halides is 1. The highest BCUT2D eigenvalue weighted by Crippen LogP contribution is 2.05. The third-order valence-corrected chi connectivity index (χ3v) is 3.00. The van der Waals surface area contributed by atoms with Gasteiger partial charge in [0, 0.05) is 37.6 Å². The molecule has 0 aliphatic rings. The van der Waals surface area contributed by atoms with E-state index in [9.17, 15) is 4.39 Å². The molecule has 2 rings (SSSR count). The van der Waals surface area contributed by atoms with Crippen LogP contribution in [-0.4, -0.2) is 26.2 Å². The second-order valence-corrected chi connectivity index (χ2v) is 4.46. The first kappa shape index (κ1) is 13.7. The van der Waals surface area contributed by atoms with Crippen LogP contribution in [0.2, 0.25) is 0 Å². The van der Waals surface area contributed by atoms with Crippen molar-refractivity contribution in [2.75, 3.05) is 6.67 Å². The molecule has 1 N–H and O–H groups in total. The van der Waals surface area contributed by atoms with Crippen LogP contribution in [0.5, 0.6) is 0 Å². The maximum atomic E-state index is 12.2. The van der Waals surface area contributed by atoms with Crippen molar-refractivity contribution in [3.05, 3.63) is 35.4 Å². The summed E-state index contributed by atoms with van der Waals surface area (Å²) in [5, 5.41) is 12.0. The lowest BCUT2D eigenvalue weighted by Gasteiger charge is -2.01. The van der Waals surface area contributed by atoms with Gasteiger partial charge in [0.05, 0.1) is 17.9 Å². The van der Waals surface area contributed by atoms with E-state index in [1.807, 2.05) is 17.7 Å². The topological polar surface area (TPSA) is 47.7 Å². The minimum atomic E-state index is -0.385. The van der Waals surface area contributed by atoms with Crippen LogP contribution in [0.15, 0.2) is 18.5 Å². The molecule has 19 heavy (non-hydrogen) atoms. The molecular weight excluding hydrogens is 245 g/mol. The molecule has 0 atom stereocenters. The number of nitrogens with one attached hydrogen (secondary N) is 1. The van der Waals surface area contributed by atoms with E-state index >= 15 is 0 Å². The average molecular weight is 265 g/mol. The first-order chi connectivity index (χ1) is 9.22. The molecule has 0 unspecified atom stereocenters. The van der Waals surface area contributed by atoms with Gasteiger partial charge in [-0.05, 0) is 19.9 Å². The molecule has 2 aromatic rings. The van der Waals surface area contributed by atoms with Crippen molar-refractivity contribution in [1.29, 1.82) is 0 Å². The summed E-state index contributed by atoms with van der Waals surface area (Å²) in [7, 11) is 0. The number of nitrogens with zero attached hydrogens (tertiary/aromatic N) is 4. The molecule has 0 aliphatic heterocycles. The molecule has 0 radical (unpaired) electrons. The standard InChI is InChI=1S/C13H20FN5/c1-3-18-10-12(11(2)16-18)8-15-9-13-4-6-19(17-13)7-5-14/h4,6,10,15H,3,5,7-9H2,1-2H3. The molecule has 6 heteroatoms. The van der Waals surface area contributed by atoms with E-state index in [0.29, 0.717) is 13.1 Å². The van der Waals surface area contributed by atoms with Crippen molar-refractivity contribution in [3.63, 3.8) is 0 Å². The zero-order valence-corrected chi connectivity index (χ0v) is 11.4. The third kappa shape index (κ3) is 3.64. The number of hydrogen-bond donors (Lipinski definition) is 1. The summed E-state index contributed by atoms with van der Waals surface area (Å²) in [5.74, 6) is 0. The SMILES string of the molecule is CCn1cc(CNCc2ccn(CCF)n2)c(C)n1. The van der Waals surface area contributed by atoms with Crippen LogP contribution in [0.4, 0.5) is 4.39 Å². The van der Waals surface area contributed by atoms with Crippen LogP contribution < -0.4 is 5.32 Å². The van der Waals surface area contributed by atoms with Gasteiger partial charge in [0.25, 0.3) is 0 Å². The van der Waals surface area contributed by atoms with Crippen LogP contribution in [-0.2, 0) is 26.2 Å². The van der Waals surface area contributed by atoms with Gasteiger partial charge in [0.2, 0.25) is 0 Å². The first-order valence-corrected chi connectivity index (χ1v) is 6.55. The second kappa shape index (κ2) is 6.47. The number of aromatic nitrogens is 4. The van der Waals surface area contributed by atoms with Crippen LogP contribution in [0.3, 0.4) is 0 Å². The summed E-state index contributed by atoms with van der Waals surface area (Å²) < 4.78 is 15.7. The Morgan fingerprint density at radius 1 is 1.26 bits per heavy atom. The predicted molar refractivity (Wildman–Crippen MR) is 71.4 cm³/mol. The van der Waals surface area contributed by atoms with Gasteiger partial charge in [-0.2, -0.15) is 10.2 Å². The lowest BCUT2D eigenvalue weighted by molar-refractivity contribution is 0.425. The summed E-state index contributed by atoms with van der Waals surface area (Å²) in [6.45, 7) is 6.35. The van der Waals surface area contributed by atoms with E-state index in [2.05, 4.69) is 28.6 Å². The molecule has 0 amide bonds. The molecule has 0 fully saturated rings. The van der Waals surface area contributed by atoms with Gasteiger partial charge >= 0.3 is 0 Å². The Hall–Kier alpha value is -1.69. The first-order valence-electron chi connectivity index (χ1n) is 6.55. The summed E-state index contributed by atoms with van der Waals surface area (Å²) in [6, 6.07) is 1.91. The Morgan fingerprint density at radius 2 is 2.11 bits per heavy atom. The molecule has 2 aromatic heterocycles. The van der Waals surface area contributed by atoms with E-state index in [4.69, 9.17) is 0 Å². The summed E-state index contributed by atoms with van der Waals surface area (Å²) in [6.07, 6.45) is 3.86. The van der Waals surface area contributed by atoms with Gasteiger partial charge in [0.15, 0.2) is 0 Å². The van der Waals surface area contributed by atoms with Crippen LogP contribution >= 0.6 is 0 Å². The molecule has 2 heterocycles. The second-order valence-electron chi connectivity index (χ2n) is 4.46. The maximum Gasteiger partial charge on any atom is 0.109 e. The van der Waals surface area contributed by atoms with Gasteiger partial charge in [-0.1, -0.05) is 0 Å². The highest BCUT2D eigenvalue weighted by Gasteiger charge is 2.04. The minimum absolute atomic E-state index is 0.322. The smallest absolute Gasteiger partial charge is 0.109 e. The summed E-state index contributed by atoms with van der Waals surface area (Å²) in [5.41, 5.74) is 3.18. The highest BCUT2D eigenvalue weighted by molar-refractivity contribution is 5.15. The molecule has 0 aromatic carbocycles. The minimum Gasteiger partial charge on any atom is -0.307 e. The number of halogens is 1. The Bertz CT molecular complexity index is 517. The van der Waals surface area contributed by atoms with Crippen LogP contribution in [0, 0.1) is 6.92 Å². The van der Waals surface area contributed by atoms with E-state index in [1.165, 1.54) is 5.56 Å². The van der Waals surface area contributed by atoms with E-state index in [-0.39, 0.29) is 6.67 Å². The van der Waals surface area contributed by atoms with Crippen LogP contribution in [0.25, 0.3) is 0 Å². The van der Waals surface area contributed by atoms with Crippen molar-refractivity contribution in [1.82, 2.24) is 24.9 Å². The lowest BCUT2D eigenvalue weighted by atomic mass is 10.2. The highest BCUT2D eigenvalue weighted by atomic mass is 19.1. The van der Waals surface area contributed by atoms with Gasteiger partial charge < -0.3 is 5.32 Å². The molecule has 0 saturated heterocycles. The average Bonchev–Trinajstić information content (AvgIpc) is 2.98. The fraction of sp³-hybridized carbons (Fsp3) is 0.538. The number of rotatable bonds is 7. The molecule has 5 nitrogen and oxygen atoms in total. The van der Waals surface area contributed by atoms with E-state index in [0.717, 1.165) is 24.5 Å². The molecule has 0 aliphatic carbocycles. The van der Waals surface area contributed by atoms with Crippen LogP contribution in [0.1, 0.15) is 23.9 Å². The fourth-order valence-electron chi connectivity index (χ4n) is 1.93. The van der Waals surface area contributed by atoms with Crippen molar-refractivity contribution < 1.29 is 4.39 Å². The normalized spacial score (nSPS) is 11.1. The Kier molecular flexibility index (Phi) is 4.68. The lowest BCUT2D eigenvalue weighted by Crippen LogP contribution is -2.14. The largest absolute Gasteiger partial charge is 0.307 e. The molecule has 0 saturated carbocycles. The van der Waals surface area contributed by atoms with Gasteiger partial charge in [0.1, 0.15) is 6.67 Å². The quantitative estimate of drug-likeness (QED) is 0.828. The van der Waals surface area contributed by atoms with Gasteiger partial charge in [-0.3, -0.25) is 9.36 Å². The number of aryl methyl sites for hydroxylation is 3.